The maximum Gasteiger partial charge on any atom is 0.128 e. The molecule has 0 unspecified atom stereocenters. The molecule has 0 heterocycles. The maximum absolute atomic E-state index is 6.14. The van der Waals surface area contributed by atoms with E-state index in [2.05, 4.69) is 26.8 Å². The summed E-state index contributed by atoms with van der Waals surface area (Å²) in [5.74, 6) is 1.95. The van der Waals surface area contributed by atoms with E-state index in [1.165, 1.54) is 11.1 Å². The number of rotatable bonds is 4. The number of halogens is 1. The van der Waals surface area contributed by atoms with Crippen LogP contribution in [0.15, 0.2) is 36.4 Å². The molecular weight excluding hydrogens is 302 g/mol. The smallest absolute Gasteiger partial charge is 0.128 e. The van der Waals surface area contributed by atoms with Crippen molar-refractivity contribution in [3.63, 3.8) is 0 Å². The zero-order valence-corrected chi connectivity index (χ0v) is 13.9. The number of ether oxygens (including phenoxy) is 1. The fourth-order valence-electron chi connectivity index (χ4n) is 2.25. The van der Waals surface area contributed by atoms with E-state index in [9.17, 15) is 0 Å². The fraction of sp³-hybridized carbons (Fsp3) is 0.235. The van der Waals surface area contributed by atoms with Gasteiger partial charge in [-0.3, -0.25) is 0 Å². The van der Waals surface area contributed by atoms with Gasteiger partial charge in [-0.05, 0) is 48.2 Å². The second kappa shape index (κ2) is 6.46. The normalized spacial score (nSPS) is 10.7. The van der Waals surface area contributed by atoms with Crippen LogP contribution in [0, 0.1) is 6.92 Å². The predicted octanol–water partition coefficient (Wildman–Crippen LogP) is 5.20. The van der Waals surface area contributed by atoms with E-state index in [4.69, 9.17) is 34.3 Å². The minimum absolute atomic E-state index is 0.281. The Labute approximate surface area is 135 Å². The number of benzene rings is 2. The molecule has 0 saturated heterocycles. The zero-order valence-electron chi connectivity index (χ0n) is 12.3. The molecular formula is C17H18ClNOS. The van der Waals surface area contributed by atoms with E-state index < -0.39 is 0 Å². The molecule has 0 spiro atoms. The van der Waals surface area contributed by atoms with E-state index >= 15 is 0 Å². The summed E-state index contributed by atoms with van der Waals surface area (Å²) in [5, 5.41) is 0.496. The van der Waals surface area contributed by atoms with E-state index in [-0.39, 0.29) is 4.99 Å². The molecule has 0 aliphatic carbocycles. The summed E-state index contributed by atoms with van der Waals surface area (Å²) >= 11 is 11.1. The molecule has 0 aliphatic heterocycles. The summed E-state index contributed by atoms with van der Waals surface area (Å²) < 4.78 is 5.84. The minimum Gasteiger partial charge on any atom is -0.457 e. The van der Waals surface area contributed by atoms with Gasteiger partial charge in [0.1, 0.15) is 16.5 Å². The molecule has 0 saturated carbocycles. The largest absolute Gasteiger partial charge is 0.457 e. The predicted molar refractivity (Wildman–Crippen MR) is 92.7 cm³/mol. The molecule has 4 heteroatoms. The van der Waals surface area contributed by atoms with Crippen LogP contribution in [0.1, 0.15) is 36.5 Å². The van der Waals surface area contributed by atoms with Gasteiger partial charge in [-0.1, -0.05) is 43.7 Å². The van der Waals surface area contributed by atoms with Crippen molar-refractivity contribution in [1.82, 2.24) is 0 Å². The van der Waals surface area contributed by atoms with Gasteiger partial charge in [-0.2, -0.15) is 0 Å². The second-order valence-corrected chi connectivity index (χ2v) is 6.13. The Morgan fingerprint density at radius 1 is 1.14 bits per heavy atom. The number of nitrogens with two attached hydrogens (primary N) is 1. The Bertz CT molecular complexity index is 682. The van der Waals surface area contributed by atoms with Gasteiger partial charge >= 0.3 is 0 Å². The van der Waals surface area contributed by atoms with Crippen molar-refractivity contribution in [3.8, 4) is 11.5 Å². The molecule has 0 bridgehead atoms. The highest BCUT2D eigenvalue weighted by Crippen LogP contribution is 2.29. The summed E-state index contributed by atoms with van der Waals surface area (Å²) in [7, 11) is 0. The Morgan fingerprint density at radius 2 is 1.76 bits per heavy atom. The zero-order chi connectivity index (χ0) is 15.6. The average molecular weight is 320 g/mol. The van der Waals surface area contributed by atoms with Crippen molar-refractivity contribution in [2.45, 2.75) is 26.7 Å². The summed E-state index contributed by atoms with van der Waals surface area (Å²) in [4.78, 5) is 0.281. The van der Waals surface area contributed by atoms with Crippen LogP contribution in [0.2, 0.25) is 5.02 Å². The molecule has 0 aromatic heterocycles. The highest BCUT2D eigenvalue weighted by Gasteiger charge is 2.08. The first-order valence-electron chi connectivity index (χ1n) is 6.76. The third-order valence-corrected chi connectivity index (χ3v) is 3.84. The standard InChI is InChI=1S/C17H18ClNOS/c1-10(2)14-6-4-12(8-11(14)3)20-13-5-7-15(17(19)21)16(18)9-13/h4-10H,1-3H3,(H2,19,21). The molecule has 2 aromatic rings. The van der Waals surface area contributed by atoms with Gasteiger partial charge < -0.3 is 10.5 Å². The lowest BCUT2D eigenvalue weighted by Crippen LogP contribution is -2.09. The SMILES string of the molecule is Cc1cc(Oc2ccc(C(N)=S)c(Cl)c2)ccc1C(C)C. The molecule has 21 heavy (non-hydrogen) atoms. The molecule has 110 valence electrons. The van der Waals surface area contributed by atoms with Gasteiger partial charge in [0.05, 0.1) is 5.02 Å². The second-order valence-electron chi connectivity index (χ2n) is 5.28. The molecule has 2 N–H and O–H groups in total. The summed E-state index contributed by atoms with van der Waals surface area (Å²) in [6, 6.07) is 11.4. The van der Waals surface area contributed by atoms with Crippen LogP contribution in [0.3, 0.4) is 0 Å². The fourth-order valence-corrected chi connectivity index (χ4v) is 2.76. The highest BCUT2D eigenvalue weighted by atomic mass is 35.5. The van der Waals surface area contributed by atoms with Crippen LogP contribution in [0.25, 0.3) is 0 Å². The summed E-state index contributed by atoms with van der Waals surface area (Å²) in [6.07, 6.45) is 0. The Hall–Kier alpha value is -1.58. The molecule has 0 aliphatic rings. The van der Waals surface area contributed by atoms with Crippen molar-refractivity contribution in [3.05, 3.63) is 58.1 Å². The molecule has 0 amide bonds. The first-order valence-corrected chi connectivity index (χ1v) is 7.55. The average Bonchev–Trinajstić information content (AvgIpc) is 2.37. The maximum atomic E-state index is 6.14. The first kappa shape index (κ1) is 15.8. The number of thiocarbonyl (C=S) groups is 1. The van der Waals surface area contributed by atoms with Gasteiger partial charge in [0.25, 0.3) is 0 Å². The van der Waals surface area contributed by atoms with E-state index in [0.717, 1.165) is 5.75 Å². The van der Waals surface area contributed by atoms with Crippen LogP contribution in [0.5, 0.6) is 11.5 Å². The molecule has 0 atom stereocenters. The van der Waals surface area contributed by atoms with Crippen LogP contribution in [-0.2, 0) is 0 Å². The van der Waals surface area contributed by atoms with Crippen LogP contribution in [-0.4, -0.2) is 4.99 Å². The van der Waals surface area contributed by atoms with E-state index in [0.29, 0.717) is 22.3 Å². The third-order valence-electron chi connectivity index (χ3n) is 3.30. The summed E-state index contributed by atoms with van der Waals surface area (Å²) in [5.41, 5.74) is 8.79. The van der Waals surface area contributed by atoms with Crippen molar-refractivity contribution < 1.29 is 4.74 Å². The van der Waals surface area contributed by atoms with E-state index in [1.54, 1.807) is 12.1 Å². The molecule has 2 rings (SSSR count). The Morgan fingerprint density at radius 3 is 2.29 bits per heavy atom. The molecule has 2 aromatic carbocycles. The van der Waals surface area contributed by atoms with Gasteiger partial charge in [-0.15, -0.1) is 0 Å². The number of hydrogen-bond acceptors (Lipinski definition) is 2. The first-order chi connectivity index (χ1) is 9.88. The van der Waals surface area contributed by atoms with Crippen LogP contribution < -0.4 is 10.5 Å². The van der Waals surface area contributed by atoms with Crippen molar-refractivity contribution in [2.24, 2.45) is 5.73 Å². The minimum atomic E-state index is 0.281. The van der Waals surface area contributed by atoms with Crippen LogP contribution in [0.4, 0.5) is 0 Å². The van der Waals surface area contributed by atoms with Crippen LogP contribution >= 0.6 is 23.8 Å². The van der Waals surface area contributed by atoms with Gasteiger partial charge in [0, 0.05) is 11.6 Å². The Kier molecular flexibility index (Phi) is 4.86. The lowest BCUT2D eigenvalue weighted by Gasteiger charge is -2.13. The highest BCUT2D eigenvalue weighted by molar-refractivity contribution is 7.80. The lowest BCUT2D eigenvalue weighted by molar-refractivity contribution is 0.482. The molecule has 2 nitrogen and oxygen atoms in total. The number of aryl methyl sites for hydroxylation is 1. The van der Waals surface area contributed by atoms with Gasteiger partial charge in [0.2, 0.25) is 0 Å². The summed E-state index contributed by atoms with van der Waals surface area (Å²) in [6.45, 7) is 6.44. The van der Waals surface area contributed by atoms with Gasteiger partial charge in [0.15, 0.2) is 0 Å². The van der Waals surface area contributed by atoms with Gasteiger partial charge in [-0.25, -0.2) is 0 Å². The molecule has 0 fully saturated rings. The quantitative estimate of drug-likeness (QED) is 0.787. The van der Waals surface area contributed by atoms with Crippen molar-refractivity contribution in [1.29, 1.82) is 0 Å². The topological polar surface area (TPSA) is 35.2 Å². The lowest BCUT2D eigenvalue weighted by atomic mass is 9.98. The monoisotopic (exact) mass is 319 g/mol. The van der Waals surface area contributed by atoms with Crippen molar-refractivity contribution >= 4 is 28.8 Å². The van der Waals surface area contributed by atoms with Crippen molar-refractivity contribution in [2.75, 3.05) is 0 Å². The Balaban J connectivity index is 2.24. The number of hydrogen-bond donors (Lipinski definition) is 1. The van der Waals surface area contributed by atoms with E-state index in [1.807, 2.05) is 18.2 Å². The third kappa shape index (κ3) is 3.74. The molecule has 0 radical (unpaired) electrons.